The van der Waals surface area contributed by atoms with Gasteiger partial charge in [-0.2, -0.15) is 0 Å². The minimum atomic E-state index is -0.270. The summed E-state index contributed by atoms with van der Waals surface area (Å²) in [5.74, 6) is 1.49. The predicted molar refractivity (Wildman–Crippen MR) is 101 cm³/mol. The molecule has 0 fully saturated rings. The molecule has 2 aromatic carbocycles. The minimum Gasteiger partial charge on any atom is -0.497 e. The topological polar surface area (TPSA) is 63.5 Å². The van der Waals surface area contributed by atoms with Crippen LogP contribution in [0.5, 0.6) is 5.75 Å². The van der Waals surface area contributed by atoms with Crippen LogP contribution in [0.15, 0.2) is 59.0 Å². The zero-order chi connectivity index (χ0) is 17.9. The number of hydrogen-bond acceptors (Lipinski definition) is 4. The molecular weight excluding hydrogens is 328 g/mol. The van der Waals surface area contributed by atoms with Crippen molar-refractivity contribution in [1.82, 2.24) is 5.32 Å². The summed E-state index contributed by atoms with van der Waals surface area (Å²) >= 11 is 0. The lowest BCUT2D eigenvalue weighted by atomic mass is 9.94. The van der Waals surface area contributed by atoms with E-state index >= 15 is 0 Å². The van der Waals surface area contributed by atoms with Gasteiger partial charge in [-0.25, -0.2) is 0 Å². The predicted octanol–water partition coefficient (Wildman–Crippen LogP) is 3.85. The molecule has 1 aliphatic rings. The quantitative estimate of drug-likeness (QED) is 0.752. The van der Waals surface area contributed by atoms with E-state index in [1.165, 1.54) is 11.1 Å². The molecule has 1 aromatic heterocycles. The normalized spacial score (nSPS) is 13.1. The van der Waals surface area contributed by atoms with Crippen molar-refractivity contribution in [3.63, 3.8) is 0 Å². The summed E-state index contributed by atoms with van der Waals surface area (Å²) in [6.45, 7) is 1.82. The second kappa shape index (κ2) is 7.06. The van der Waals surface area contributed by atoms with Crippen molar-refractivity contribution >= 4 is 11.6 Å². The Morgan fingerprint density at radius 3 is 2.77 bits per heavy atom. The zero-order valence-electron chi connectivity index (χ0n) is 14.5. The molecule has 3 aromatic rings. The Labute approximate surface area is 152 Å². The van der Waals surface area contributed by atoms with E-state index in [1.807, 2.05) is 18.2 Å². The highest BCUT2D eigenvalue weighted by molar-refractivity contribution is 6.02. The Bertz CT molecular complexity index is 929. The average Bonchev–Trinajstić information content (AvgIpc) is 3.18. The fraction of sp³-hybridized carbons (Fsp3) is 0.190. The molecule has 26 heavy (non-hydrogen) atoms. The van der Waals surface area contributed by atoms with Gasteiger partial charge in [0, 0.05) is 17.8 Å². The number of carbonyl (C=O) groups excluding carboxylic acids is 1. The lowest BCUT2D eigenvalue weighted by Crippen LogP contribution is -2.23. The summed E-state index contributed by atoms with van der Waals surface area (Å²) in [6.07, 6.45) is 0.958. The minimum absolute atomic E-state index is 0.270. The molecule has 132 valence electrons. The van der Waals surface area contributed by atoms with Crippen LogP contribution in [0.3, 0.4) is 0 Å². The molecule has 0 saturated carbocycles. The van der Waals surface area contributed by atoms with Crippen LogP contribution in [0.25, 0.3) is 11.3 Å². The molecule has 1 aliphatic heterocycles. The molecule has 0 bridgehead atoms. The molecule has 5 nitrogen and oxygen atoms in total. The molecule has 5 heteroatoms. The van der Waals surface area contributed by atoms with Gasteiger partial charge in [0.1, 0.15) is 11.5 Å². The van der Waals surface area contributed by atoms with Crippen molar-refractivity contribution in [1.29, 1.82) is 0 Å². The van der Waals surface area contributed by atoms with Crippen LogP contribution < -0.4 is 15.4 Å². The third-order valence-electron chi connectivity index (χ3n) is 4.58. The van der Waals surface area contributed by atoms with E-state index in [9.17, 15) is 4.79 Å². The fourth-order valence-corrected chi connectivity index (χ4v) is 3.23. The van der Waals surface area contributed by atoms with Gasteiger partial charge in [0.15, 0.2) is 5.76 Å². The van der Waals surface area contributed by atoms with Gasteiger partial charge in [-0.3, -0.25) is 4.79 Å². The van der Waals surface area contributed by atoms with Gasteiger partial charge < -0.3 is 19.8 Å². The van der Waals surface area contributed by atoms with E-state index in [0.717, 1.165) is 36.6 Å². The molecule has 0 atom stereocenters. The summed E-state index contributed by atoms with van der Waals surface area (Å²) in [5.41, 5.74) is 4.33. The van der Waals surface area contributed by atoms with Crippen molar-refractivity contribution in [2.45, 2.75) is 13.0 Å². The van der Waals surface area contributed by atoms with E-state index < -0.39 is 0 Å². The van der Waals surface area contributed by atoms with E-state index in [1.54, 1.807) is 37.4 Å². The number of anilines is 1. The largest absolute Gasteiger partial charge is 0.497 e. The summed E-state index contributed by atoms with van der Waals surface area (Å²) in [7, 11) is 1.61. The van der Waals surface area contributed by atoms with Crippen molar-refractivity contribution < 1.29 is 13.9 Å². The molecule has 4 rings (SSSR count). The summed E-state index contributed by atoms with van der Waals surface area (Å²) in [6, 6.07) is 17.0. The van der Waals surface area contributed by atoms with Crippen LogP contribution in [-0.4, -0.2) is 19.6 Å². The summed E-state index contributed by atoms with van der Waals surface area (Å²) in [5, 5.41) is 6.21. The Balaban J connectivity index is 1.55. The van der Waals surface area contributed by atoms with Crippen LogP contribution in [0.4, 0.5) is 5.69 Å². The highest BCUT2D eigenvalue weighted by Crippen LogP contribution is 2.30. The molecule has 0 radical (unpaired) electrons. The van der Waals surface area contributed by atoms with Gasteiger partial charge in [0.05, 0.1) is 7.11 Å². The third-order valence-corrected chi connectivity index (χ3v) is 4.58. The standard InChI is InChI=1S/C21H20N2O3/c1-25-16-7-5-15(6-8-16)23-21(24)20-10-9-19(26-20)18-4-2-3-14-13-22-12-11-17(14)18/h2-10,22H,11-13H2,1H3,(H,23,24). The second-order valence-corrected chi connectivity index (χ2v) is 6.22. The molecule has 0 aliphatic carbocycles. The number of furan rings is 1. The maximum Gasteiger partial charge on any atom is 0.291 e. The molecule has 2 N–H and O–H groups in total. The number of nitrogens with one attached hydrogen (secondary N) is 2. The SMILES string of the molecule is COc1ccc(NC(=O)c2ccc(-c3cccc4c3CCNC4)o2)cc1. The Morgan fingerprint density at radius 2 is 1.96 bits per heavy atom. The number of fused-ring (bicyclic) bond motifs is 1. The number of methoxy groups -OCH3 is 1. The van der Waals surface area contributed by atoms with E-state index in [0.29, 0.717) is 11.4 Å². The van der Waals surface area contributed by atoms with Crippen LogP contribution in [0.2, 0.25) is 0 Å². The van der Waals surface area contributed by atoms with Crippen molar-refractivity contribution in [3.8, 4) is 17.1 Å². The monoisotopic (exact) mass is 348 g/mol. The molecular formula is C21H20N2O3. The smallest absolute Gasteiger partial charge is 0.291 e. The zero-order valence-corrected chi connectivity index (χ0v) is 14.5. The van der Waals surface area contributed by atoms with Gasteiger partial charge in [-0.15, -0.1) is 0 Å². The Kier molecular flexibility index (Phi) is 4.46. The van der Waals surface area contributed by atoms with E-state index in [4.69, 9.17) is 9.15 Å². The number of amides is 1. The molecule has 0 unspecified atom stereocenters. The maximum atomic E-state index is 12.5. The lowest BCUT2D eigenvalue weighted by molar-refractivity contribution is 0.0997. The van der Waals surface area contributed by atoms with Gasteiger partial charge in [-0.05, 0) is 60.5 Å². The van der Waals surface area contributed by atoms with Crippen LogP contribution in [-0.2, 0) is 13.0 Å². The van der Waals surface area contributed by atoms with Crippen molar-refractivity contribution in [2.24, 2.45) is 0 Å². The molecule has 0 spiro atoms. The first-order chi connectivity index (χ1) is 12.7. The van der Waals surface area contributed by atoms with Crippen molar-refractivity contribution in [2.75, 3.05) is 19.0 Å². The van der Waals surface area contributed by atoms with Gasteiger partial charge >= 0.3 is 0 Å². The fourth-order valence-electron chi connectivity index (χ4n) is 3.23. The average molecular weight is 348 g/mol. The Morgan fingerprint density at radius 1 is 1.12 bits per heavy atom. The van der Waals surface area contributed by atoms with Gasteiger partial charge in [-0.1, -0.05) is 18.2 Å². The van der Waals surface area contributed by atoms with E-state index in [2.05, 4.69) is 16.7 Å². The van der Waals surface area contributed by atoms with Crippen LogP contribution >= 0.6 is 0 Å². The number of carbonyl (C=O) groups is 1. The Hall–Kier alpha value is -3.05. The first kappa shape index (κ1) is 16.4. The second-order valence-electron chi connectivity index (χ2n) is 6.22. The number of ether oxygens (including phenoxy) is 1. The van der Waals surface area contributed by atoms with Crippen LogP contribution in [0, 0.1) is 0 Å². The number of hydrogen-bond donors (Lipinski definition) is 2. The number of rotatable bonds is 4. The number of benzene rings is 2. The first-order valence-electron chi connectivity index (χ1n) is 8.62. The van der Waals surface area contributed by atoms with Crippen molar-refractivity contribution in [3.05, 3.63) is 71.5 Å². The molecule has 2 heterocycles. The lowest BCUT2D eigenvalue weighted by Gasteiger charge is -2.19. The highest BCUT2D eigenvalue weighted by atomic mass is 16.5. The first-order valence-corrected chi connectivity index (χ1v) is 8.62. The van der Waals surface area contributed by atoms with Gasteiger partial charge in [0.2, 0.25) is 0 Å². The van der Waals surface area contributed by atoms with Gasteiger partial charge in [0.25, 0.3) is 5.91 Å². The summed E-state index contributed by atoms with van der Waals surface area (Å²) < 4.78 is 11.0. The summed E-state index contributed by atoms with van der Waals surface area (Å²) in [4.78, 5) is 12.5. The van der Waals surface area contributed by atoms with E-state index in [-0.39, 0.29) is 5.91 Å². The maximum absolute atomic E-state index is 12.5. The third kappa shape index (κ3) is 3.21. The highest BCUT2D eigenvalue weighted by Gasteiger charge is 2.18. The molecule has 1 amide bonds. The van der Waals surface area contributed by atoms with Crippen LogP contribution in [0.1, 0.15) is 21.7 Å². The molecule has 0 saturated heterocycles.